The number of rotatable bonds is 4. The second-order valence-corrected chi connectivity index (χ2v) is 4.36. The van der Waals surface area contributed by atoms with Crippen LogP contribution in [0.4, 0.5) is 0 Å². The van der Waals surface area contributed by atoms with Gasteiger partial charge in [0.05, 0.1) is 18.6 Å². The Morgan fingerprint density at radius 1 is 1.44 bits per heavy atom. The first-order chi connectivity index (χ1) is 8.70. The fourth-order valence-electron chi connectivity index (χ4n) is 2.00. The Bertz CT molecular complexity index is 433. The number of carbonyl (C=O) groups excluding carboxylic acids is 2. The minimum Gasteiger partial charge on any atom is -0.394 e. The van der Waals surface area contributed by atoms with E-state index in [1.54, 1.807) is 0 Å². The zero-order valence-electron chi connectivity index (χ0n) is 9.93. The maximum atomic E-state index is 11.9. The van der Waals surface area contributed by atoms with Gasteiger partial charge in [0.15, 0.2) is 0 Å². The highest BCUT2D eigenvalue weighted by Gasteiger charge is 2.29. The van der Waals surface area contributed by atoms with Gasteiger partial charge in [-0.05, 0) is 5.56 Å². The van der Waals surface area contributed by atoms with Crippen LogP contribution in [0.1, 0.15) is 18.0 Å². The summed E-state index contributed by atoms with van der Waals surface area (Å²) in [6.07, 6.45) is 0.221. The summed E-state index contributed by atoms with van der Waals surface area (Å²) in [5, 5.41) is 14.7. The molecule has 0 spiro atoms. The van der Waals surface area contributed by atoms with E-state index < -0.39 is 6.04 Å². The zero-order valence-corrected chi connectivity index (χ0v) is 9.93. The van der Waals surface area contributed by atoms with Gasteiger partial charge in [0.1, 0.15) is 0 Å². The highest BCUT2D eigenvalue weighted by atomic mass is 16.3. The van der Waals surface area contributed by atoms with E-state index in [0.29, 0.717) is 6.54 Å². The highest BCUT2D eigenvalue weighted by molar-refractivity contribution is 5.89. The van der Waals surface area contributed by atoms with Gasteiger partial charge in [-0.25, -0.2) is 0 Å². The number of hydrogen-bond donors (Lipinski definition) is 3. The first-order valence-electron chi connectivity index (χ1n) is 5.93. The SMILES string of the molecule is O=C1CC(C(=O)N[C@@H](CO)c2ccccc2)CN1. The lowest BCUT2D eigenvalue weighted by molar-refractivity contribution is -0.127. The van der Waals surface area contributed by atoms with Crippen molar-refractivity contribution in [2.24, 2.45) is 5.92 Å². The first-order valence-corrected chi connectivity index (χ1v) is 5.93. The molecule has 0 bridgehead atoms. The van der Waals surface area contributed by atoms with Crippen LogP contribution >= 0.6 is 0 Å². The number of benzene rings is 1. The zero-order chi connectivity index (χ0) is 13.0. The Morgan fingerprint density at radius 3 is 2.72 bits per heavy atom. The van der Waals surface area contributed by atoms with E-state index in [4.69, 9.17) is 0 Å². The molecular weight excluding hydrogens is 232 g/mol. The van der Waals surface area contributed by atoms with Crippen molar-refractivity contribution >= 4 is 11.8 Å². The van der Waals surface area contributed by atoms with Crippen molar-refractivity contribution in [3.05, 3.63) is 35.9 Å². The molecule has 1 aromatic rings. The predicted octanol–water partition coefficient (Wildman–Crippen LogP) is -0.0277. The van der Waals surface area contributed by atoms with E-state index in [1.165, 1.54) is 0 Å². The average Bonchev–Trinajstić information content (AvgIpc) is 2.83. The van der Waals surface area contributed by atoms with Crippen molar-refractivity contribution in [1.29, 1.82) is 0 Å². The Kier molecular flexibility index (Phi) is 3.94. The number of carbonyl (C=O) groups is 2. The molecule has 18 heavy (non-hydrogen) atoms. The molecular formula is C13H16N2O3. The van der Waals surface area contributed by atoms with Crippen LogP contribution in [0.3, 0.4) is 0 Å². The van der Waals surface area contributed by atoms with Gasteiger partial charge in [0.2, 0.25) is 11.8 Å². The summed E-state index contributed by atoms with van der Waals surface area (Å²) in [5.74, 6) is -0.637. The summed E-state index contributed by atoms with van der Waals surface area (Å²) >= 11 is 0. The van der Waals surface area contributed by atoms with Crippen molar-refractivity contribution in [2.45, 2.75) is 12.5 Å². The van der Waals surface area contributed by atoms with Gasteiger partial charge in [0.25, 0.3) is 0 Å². The third-order valence-corrected chi connectivity index (χ3v) is 3.05. The van der Waals surface area contributed by atoms with Crippen LogP contribution in [0.2, 0.25) is 0 Å². The molecule has 2 rings (SSSR count). The molecule has 0 aliphatic carbocycles. The van der Waals surface area contributed by atoms with Crippen LogP contribution in [0, 0.1) is 5.92 Å². The highest BCUT2D eigenvalue weighted by Crippen LogP contribution is 2.15. The summed E-state index contributed by atoms with van der Waals surface area (Å²) in [6.45, 7) is 0.210. The Balaban J connectivity index is 1.98. The molecule has 96 valence electrons. The number of amides is 2. The Morgan fingerprint density at radius 2 is 2.17 bits per heavy atom. The largest absolute Gasteiger partial charge is 0.394 e. The molecule has 5 nitrogen and oxygen atoms in total. The lowest BCUT2D eigenvalue weighted by atomic mass is 10.0. The summed E-state index contributed by atoms with van der Waals surface area (Å²) < 4.78 is 0. The second kappa shape index (κ2) is 5.64. The van der Waals surface area contributed by atoms with Crippen LogP contribution < -0.4 is 10.6 Å². The van der Waals surface area contributed by atoms with E-state index in [0.717, 1.165) is 5.56 Å². The molecule has 0 radical (unpaired) electrons. The van der Waals surface area contributed by atoms with Crippen molar-refractivity contribution < 1.29 is 14.7 Å². The van der Waals surface area contributed by atoms with Crippen molar-refractivity contribution in [1.82, 2.24) is 10.6 Å². The van der Waals surface area contributed by atoms with Gasteiger partial charge in [-0.1, -0.05) is 30.3 Å². The Labute approximate surface area is 105 Å². The molecule has 1 fully saturated rings. The molecule has 0 aromatic heterocycles. The van der Waals surface area contributed by atoms with Crippen LogP contribution in [-0.4, -0.2) is 30.1 Å². The van der Waals surface area contributed by atoms with E-state index in [1.807, 2.05) is 30.3 Å². The predicted molar refractivity (Wildman–Crippen MR) is 65.5 cm³/mol. The smallest absolute Gasteiger partial charge is 0.225 e. The van der Waals surface area contributed by atoms with Gasteiger partial charge in [-0.15, -0.1) is 0 Å². The summed E-state index contributed by atoms with van der Waals surface area (Å²) in [7, 11) is 0. The molecule has 2 atom stereocenters. The van der Waals surface area contributed by atoms with Gasteiger partial charge in [-0.3, -0.25) is 9.59 Å². The molecule has 0 saturated carbocycles. The normalized spacial score (nSPS) is 20.3. The van der Waals surface area contributed by atoms with E-state index in [9.17, 15) is 14.7 Å². The lowest BCUT2D eigenvalue weighted by Gasteiger charge is -2.18. The Hall–Kier alpha value is -1.88. The van der Waals surface area contributed by atoms with Crippen LogP contribution in [-0.2, 0) is 9.59 Å². The minimum atomic E-state index is -0.422. The third-order valence-electron chi connectivity index (χ3n) is 3.05. The van der Waals surface area contributed by atoms with Crippen molar-refractivity contribution in [3.8, 4) is 0 Å². The number of hydrogen-bond acceptors (Lipinski definition) is 3. The summed E-state index contributed by atoms with van der Waals surface area (Å²) in [6, 6.07) is 8.85. The quantitative estimate of drug-likeness (QED) is 0.700. The van der Waals surface area contributed by atoms with Crippen molar-refractivity contribution in [3.63, 3.8) is 0 Å². The molecule has 1 heterocycles. The standard InChI is InChI=1S/C13H16N2O3/c16-8-11(9-4-2-1-3-5-9)15-13(18)10-6-12(17)14-7-10/h1-5,10-11,16H,6-8H2,(H,14,17)(H,15,18)/t10?,11-/m0/s1. The lowest BCUT2D eigenvalue weighted by Crippen LogP contribution is -2.36. The number of aliphatic hydroxyl groups is 1. The number of nitrogens with one attached hydrogen (secondary N) is 2. The van der Waals surface area contributed by atoms with Crippen LogP contribution in [0.15, 0.2) is 30.3 Å². The molecule has 1 aromatic carbocycles. The van der Waals surface area contributed by atoms with E-state index >= 15 is 0 Å². The molecule has 1 unspecified atom stereocenters. The van der Waals surface area contributed by atoms with Crippen LogP contribution in [0.25, 0.3) is 0 Å². The molecule has 1 saturated heterocycles. The molecule has 2 amide bonds. The molecule has 5 heteroatoms. The number of aliphatic hydroxyl groups excluding tert-OH is 1. The van der Waals surface area contributed by atoms with E-state index in [2.05, 4.69) is 10.6 Å². The molecule has 1 aliphatic rings. The maximum Gasteiger partial charge on any atom is 0.225 e. The first kappa shape index (κ1) is 12.6. The monoisotopic (exact) mass is 248 g/mol. The van der Waals surface area contributed by atoms with Crippen molar-refractivity contribution in [2.75, 3.05) is 13.2 Å². The second-order valence-electron chi connectivity index (χ2n) is 4.36. The van der Waals surface area contributed by atoms with Gasteiger partial charge < -0.3 is 15.7 Å². The molecule has 1 aliphatic heterocycles. The maximum absolute atomic E-state index is 11.9. The third kappa shape index (κ3) is 2.87. The average molecular weight is 248 g/mol. The van der Waals surface area contributed by atoms with Gasteiger partial charge in [0, 0.05) is 13.0 Å². The fraction of sp³-hybridized carbons (Fsp3) is 0.385. The fourth-order valence-corrected chi connectivity index (χ4v) is 2.00. The van der Waals surface area contributed by atoms with Crippen LogP contribution in [0.5, 0.6) is 0 Å². The van der Waals surface area contributed by atoms with Gasteiger partial charge >= 0.3 is 0 Å². The minimum absolute atomic E-state index is 0.101. The summed E-state index contributed by atoms with van der Waals surface area (Å²) in [4.78, 5) is 23.0. The van der Waals surface area contributed by atoms with E-state index in [-0.39, 0.29) is 30.8 Å². The van der Waals surface area contributed by atoms with Gasteiger partial charge in [-0.2, -0.15) is 0 Å². The topological polar surface area (TPSA) is 78.4 Å². The summed E-state index contributed by atoms with van der Waals surface area (Å²) in [5.41, 5.74) is 0.852. The molecule has 3 N–H and O–H groups in total.